The Morgan fingerprint density at radius 2 is 2.08 bits per heavy atom. The molecule has 0 heterocycles. The van der Waals surface area contributed by atoms with Gasteiger partial charge in [-0.2, -0.15) is 0 Å². The van der Waals surface area contributed by atoms with Crippen LogP contribution in [0, 0.1) is 0 Å². The maximum absolute atomic E-state index is 11.0. The minimum atomic E-state index is -0.655. The van der Waals surface area contributed by atoms with Crippen LogP contribution in [0.3, 0.4) is 0 Å². The first-order chi connectivity index (χ1) is 5.89. The summed E-state index contributed by atoms with van der Waals surface area (Å²) in [4.78, 5) is 21.2. The Kier molecular flexibility index (Phi) is 4.23. The standard InChI is InChI=1S/C8H15N2O3/c1-5-10(6-11)9-7(12)13-8(2,3)4/h5H2,1-4H3,(H,9,12). The molecule has 0 aliphatic heterocycles. The van der Waals surface area contributed by atoms with Crippen molar-refractivity contribution in [1.82, 2.24) is 10.4 Å². The van der Waals surface area contributed by atoms with E-state index in [4.69, 9.17) is 4.74 Å². The smallest absolute Gasteiger partial charge is 0.426 e. The zero-order valence-electron chi connectivity index (χ0n) is 8.38. The van der Waals surface area contributed by atoms with Gasteiger partial charge in [0.15, 0.2) is 0 Å². The summed E-state index contributed by atoms with van der Waals surface area (Å²) in [7, 11) is 0. The molecule has 0 aromatic carbocycles. The third kappa shape index (κ3) is 5.95. The minimum absolute atomic E-state index is 0.350. The van der Waals surface area contributed by atoms with Crippen LogP contribution in [0.15, 0.2) is 0 Å². The Bertz CT molecular complexity index is 186. The normalized spacial score (nSPS) is 10.5. The molecule has 0 bridgehead atoms. The van der Waals surface area contributed by atoms with Crippen LogP contribution in [0.4, 0.5) is 4.79 Å². The van der Waals surface area contributed by atoms with Crippen LogP contribution >= 0.6 is 0 Å². The molecule has 0 rings (SSSR count). The Labute approximate surface area is 78.0 Å². The van der Waals surface area contributed by atoms with Gasteiger partial charge < -0.3 is 4.74 Å². The zero-order chi connectivity index (χ0) is 10.5. The van der Waals surface area contributed by atoms with Crippen LogP contribution in [0.25, 0.3) is 0 Å². The number of carbonyl (C=O) groups excluding carboxylic acids is 2. The molecule has 5 heteroatoms. The van der Waals surface area contributed by atoms with E-state index >= 15 is 0 Å². The quantitative estimate of drug-likeness (QED) is 0.525. The number of amides is 2. The molecule has 0 saturated carbocycles. The highest BCUT2D eigenvalue weighted by Gasteiger charge is 2.17. The highest BCUT2D eigenvalue weighted by Crippen LogP contribution is 2.06. The summed E-state index contributed by atoms with van der Waals surface area (Å²) >= 11 is 0. The highest BCUT2D eigenvalue weighted by atomic mass is 16.6. The number of hydrogen-bond acceptors (Lipinski definition) is 3. The molecule has 1 radical (unpaired) electrons. The van der Waals surface area contributed by atoms with Gasteiger partial charge >= 0.3 is 12.5 Å². The van der Waals surface area contributed by atoms with E-state index in [1.54, 1.807) is 27.7 Å². The molecule has 0 aliphatic rings. The summed E-state index contributed by atoms with van der Waals surface area (Å²) in [5, 5.41) is 0.980. The van der Waals surface area contributed by atoms with E-state index in [1.165, 1.54) is 6.41 Å². The highest BCUT2D eigenvalue weighted by molar-refractivity contribution is 5.69. The van der Waals surface area contributed by atoms with Crippen molar-refractivity contribution < 1.29 is 14.3 Å². The largest absolute Gasteiger partial charge is 0.443 e. The molecule has 0 spiro atoms. The van der Waals surface area contributed by atoms with Gasteiger partial charge in [0.25, 0.3) is 0 Å². The summed E-state index contributed by atoms with van der Waals surface area (Å²) in [5.74, 6) is 0. The van der Waals surface area contributed by atoms with Crippen molar-refractivity contribution in [2.75, 3.05) is 6.54 Å². The van der Waals surface area contributed by atoms with E-state index in [2.05, 4.69) is 5.43 Å². The van der Waals surface area contributed by atoms with Crippen LogP contribution in [-0.2, 0) is 9.53 Å². The molecule has 0 atom stereocenters. The van der Waals surface area contributed by atoms with Gasteiger partial charge in [0.2, 0.25) is 0 Å². The van der Waals surface area contributed by atoms with Crippen LogP contribution in [0.2, 0.25) is 0 Å². The van der Waals surface area contributed by atoms with Crippen molar-refractivity contribution in [2.45, 2.75) is 33.3 Å². The number of hydrazine groups is 1. The van der Waals surface area contributed by atoms with Gasteiger partial charge in [-0.3, -0.25) is 4.79 Å². The number of hydrogen-bond donors (Lipinski definition) is 1. The van der Waals surface area contributed by atoms with Crippen molar-refractivity contribution in [3.63, 3.8) is 0 Å². The monoisotopic (exact) mass is 187 g/mol. The third-order valence-electron chi connectivity index (χ3n) is 1.05. The van der Waals surface area contributed by atoms with E-state index < -0.39 is 11.7 Å². The van der Waals surface area contributed by atoms with Crippen molar-refractivity contribution in [1.29, 1.82) is 0 Å². The Balaban J connectivity index is 3.93. The molecule has 5 nitrogen and oxygen atoms in total. The summed E-state index contributed by atoms with van der Waals surface area (Å²) < 4.78 is 4.90. The molecule has 0 saturated heterocycles. The predicted molar refractivity (Wildman–Crippen MR) is 47.4 cm³/mol. The van der Waals surface area contributed by atoms with Gasteiger partial charge in [0, 0.05) is 6.54 Å². The van der Waals surface area contributed by atoms with E-state index in [0.29, 0.717) is 6.54 Å². The Hall–Kier alpha value is -1.26. The van der Waals surface area contributed by atoms with E-state index in [-0.39, 0.29) is 0 Å². The summed E-state index contributed by atoms with van der Waals surface area (Å²) in [6.45, 7) is 7.29. The number of ether oxygens (including phenoxy) is 1. The van der Waals surface area contributed by atoms with E-state index in [1.807, 2.05) is 0 Å². The van der Waals surface area contributed by atoms with Crippen LogP contribution < -0.4 is 5.43 Å². The first kappa shape index (κ1) is 11.7. The molecule has 0 aromatic rings. The molecule has 13 heavy (non-hydrogen) atoms. The predicted octanol–water partition coefficient (Wildman–Crippen LogP) is 0.815. The second-order valence-corrected chi connectivity index (χ2v) is 3.45. The zero-order valence-corrected chi connectivity index (χ0v) is 8.38. The van der Waals surface area contributed by atoms with E-state index in [9.17, 15) is 9.59 Å². The molecule has 1 N–H and O–H groups in total. The minimum Gasteiger partial charge on any atom is -0.443 e. The fraction of sp³-hybridized carbons (Fsp3) is 0.750. The maximum Gasteiger partial charge on any atom is 0.426 e. The Morgan fingerprint density at radius 3 is 2.38 bits per heavy atom. The summed E-state index contributed by atoms with van der Waals surface area (Å²) in [6.07, 6.45) is 0.885. The van der Waals surface area contributed by atoms with Gasteiger partial charge in [-0.1, -0.05) is 0 Å². The van der Waals surface area contributed by atoms with Crippen LogP contribution in [-0.4, -0.2) is 29.7 Å². The summed E-state index contributed by atoms with van der Waals surface area (Å²) in [6, 6.07) is 0. The van der Waals surface area contributed by atoms with Crippen molar-refractivity contribution in [3.8, 4) is 0 Å². The van der Waals surface area contributed by atoms with Gasteiger partial charge in [0.1, 0.15) is 5.60 Å². The first-order valence-corrected chi connectivity index (χ1v) is 4.04. The fourth-order valence-corrected chi connectivity index (χ4v) is 0.578. The Morgan fingerprint density at radius 1 is 1.54 bits per heavy atom. The number of carbonyl (C=O) groups is 1. The molecular formula is C8H15N2O3. The lowest BCUT2D eigenvalue weighted by atomic mass is 10.2. The van der Waals surface area contributed by atoms with Gasteiger partial charge in [0.05, 0.1) is 0 Å². The SMILES string of the molecule is CCN([C]=O)NC(=O)OC(C)(C)C. The molecule has 0 aromatic heterocycles. The lowest BCUT2D eigenvalue weighted by Gasteiger charge is -2.22. The molecule has 0 unspecified atom stereocenters. The average Bonchev–Trinajstić information content (AvgIpc) is 1.96. The first-order valence-electron chi connectivity index (χ1n) is 4.04. The van der Waals surface area contributed by atoms with Crippen molar-refractivity contribution in [3.05, 3.63) is 0 Å². The van der Waals surface area contributed by atoms with Gasteiger partial charge in [-0.25, -0.2) is 15.2 Å². The van der Waals surface area contributed by atoms with Crippen LogP contribution in [0.5, 0.6) is 0 Å². The topological polar surface area (TPSA) is 58.6 Å². The molecule has 0 aliphatic carbocycles. The lowest BCUT2D eigenvalue weighted by molar-refractivity contribution is 0.0417. The number of nitrogens with one attached hydrogen (secondary N) is 1. The van der Waals surface area contributed by atoms with Gasteiger partial charge in [-0.05, 0) is 27.7 Å². The summed E-state index contributed by atoms with van der Waals surface area (Å²) in [5.41, 5.74) is 1.66. The van der Waals surface area contributed by atoms with Crippen LogP contribution in [0.1, 0.15) is 27.7 Å². The number of nitrogens with zero attached hydrogens (tertiary/aromatic N) is 1. The fourth-order valence-electron chi connectivity index (χ4n) is 0.578. The average molecular weight is 187 g/mol. The molecule has 2 amide bonds. The lowest BCUT2D eigenvalue weighted by Crippen LogP contribution is -2.43. The molecule has 0 fully saturated rings. The van der Waals surface area contributed by atoms with Crippen molar-refractivity contribution >= 4 is 12.5 Å². The maximum atomic E-state index is 11.0. The van der Waals surface area contributed by atoms with Gasteiger partial charge in [-0.15, -0.1) is 0 Å². The molecular weight excluding hydrogens is 172 g/mol. The third-order valence-corrected chi connectivity index (χ3v) is 1.05. The second-order valence-electron chi connectivity index (χ2n) is 3.45. The number of rotatable bonds is 3. The molecule has 75 valence electrons. The second kappa shape index (κ2) is 4.69. The van der Waals surface area contributed by atoms with Crippen molar-refractivity contribution in [2.24, 2.45) is 0 Å². The van der Waals surface area contributed by atoms with E-state index in [0.717, 1.165) is 5.01 Å².